The summed E-state index contributed by atoms with van der Waals surface area (Å²) in [4.78, 5) is 0. The van der Waals surface area contributed by atoms with E-state index in [0.29, 0.717) is 0 Å². The lowest BCUT2D eigenvalue weighted by Crippen LogP contribution is -2.26. The molecule has 190 valence electrons. The number of allylic oxidation sites excluding steroid dienone is 2. The molecule has 0 nitrogen and oxygen atoms in total. The second kappa shape index (κ2) is 13.9. The maximum absolute atomic E-state index is 2.44. The van der Waals surface area contributed by atoms with Crippen molar-refractivity contribution < 1.29 is 0 Å². The molecule has 0 radical (unpaired) electrons. The van der Waals surface area contributed by atoms with Crippen LogP contribution in [0.2, 0.25) is 0 Å². The molecular weight excluding hydrogens is 408 g/mol. The third-order valence-corrected chi connectivity index (χ3v) is 10.4. The highest BCUT2D eigenvalue weighted by Crippen LogP contribution is 2.44. The summed E-state index contributed by atoms with van der Waals surface area (Å²) in [6, 6.07) is 11.2. The first kappa shape index (κ1) is 26.0. The Hall–Kier alpha value is -1.04. The SMILES string of the molecule is C/C=C/CCC1CCC(CCC2CCC(C3CCC(CC(C)c4ccccc4)CC3)CC2)CC1. The first-order valence-corrected chi connectivity index (χ1v) is 15.4. The Balaban J connectivity index is 1.07. The molecule has 3 fully saturated rings. The van der Waals surface area contributed by atoms with Crippen LogP contribution < -0.4 is 0 Å². The van der Waals surface area contributed by atoms with Crippen molar-refractivity contribution >= 4 is 0 Å². The third-order valence-electron chi connectivity index (χ3n) is 10.4. The summed E-state index contributed by atoms with van der Waals surface area (Å²) in [5.74, 6) is 6.97. The van der Waals surface area contributed by atoms with Gasteiger partial charge in [0.1, 0.15) is 0 Å². The Kier molecular flexibility index (Phi) is 10.6. The molecular formula is C34H54. The fourth-order valence-electron chi connectivity index (χ4n) is 8.04. The van der Waals surface area contributed by atoms with Gasteiger partial charge in [0.25, 0.3) is 0 Å². The fourth-order valence-corrected chi connectivity index (χ4v) is 8.04. The van der Waals surface area contributed by atoms with Gasteiger partial charge in [0, 0.05) is 0 Å². The zero-order valence-electron chi connectivity index (χ0n) is 22.6. The van der Waals surface area contributed by atoms with Gasteiger partial charge in [-0.1, -0.05) is 114 Å². The van der Waals surface area contributed by atoms with Gasteiger partial charge in [-0.3, -0.25) is 0 Å². The van der Waals surface area contributed by atoms with Gasteiger partial charge in [-0.05, 0) is 98.9 Å². The predicted molar refractivity (Wildman–Crippen MR) is 149 cm³/mol. The largest absolute Gasteiger partial charge is 0.0917 e. The molecule has 0 aliphatic heterocycles. The van der Waals surface area contributed by atoms with Crippen LogP contribution in [0.4, 0.5) is 0 Å². The van der Waals surface area contributed by atoms with E-state index in [2.05, 4.69) is 56.3 Å². The monoisotopic (exact) mass is 462 g/mol. The summed E-state index contributed by atoms with van der Waals surface area (Å²) >= 11 is 0. The number of hydrogen-bond donors (Lipinski definition) is 0. The molecule has 0 amide bonds. The molecule has 1 atom stereocenters. The van der Waals surface area contributed by atoms with Crippen LogP contribution in [0.3, 0.4) is 0 Å². The maximum atomic E-state index is 2.44. The molecule has 34 heavy (non-hydrogen) atoms. The number of rotatable bonds is 10. The first-order chi connectivity index (χ1) is 16.7. The molecule has 3 aliphatic rings. The molecule has 1 unspecified atom stereocenters. The highest BCUT2D eigenvalue weighted by atomic mass is 14.4. The quantitative estimate of drug-likeness (QED) is 0.303. The molecule has 0 saturated heterocycles. The normalized spacial score (nSPS) is 33.7. The zero-order chi connectivity index (χ0) is 23.6. The van der Waals surface area contributed by atoms with Gasteiger partial charge in [0.15, 0.2) is 0 Å². The van der Waals surface area contributed by atoms with E-state index in [1.165, 1.54) is 70.6 Å². The van der Waals surface area contributed by atoms with Crippen LogP contribution in [0.1, 0.15) is 134 Å². The predicted octanol–water partition coefficient (Wildman–Crippen LogP) is 10.7. The molecule has 0 spiro atoms. The van der Waals surface area contributed by atoms with E-state index in [1.54, 1.807) is 44.1 Å². The van der Waals surface area contributed by atoms with Gasteiger partial charge in [-0.25, -0.2) is 0 Å². The van der Waals surface area contributed by atoms with E-state index in [4.69, 9.17) is 0 Å². The van der Waals surface area contributed by atoms with E-state index in [0.717, 1.165) is 41.4 Å². The molecule has 0 aromatic heterocycles. The van der Waals surface area contributed by atoms with Crippen LogP contribution in [0.5, 0.6) is 0 Å². The summed E-state index contributed by atoms with van der Waals surface area (Å²) in [7, 11) is 0. The number of hydrogen-bond acceptors (Lipinski definition) is 0. The Bertz CT molecular complexity index is 678. The van der Waals surface area contributed by atoms with Crippen LogP contribution in [0, 0.1) is 35.5 Å². The standard InChI is InChI=1S/C34H54/c1-3-4-6-9-28-12-14-29(15-13-28)16-17-30-18-22-33(23-19-30)34-24-20-31(21-25-34)26-27(2)32-10-7-5-8-11-32/h3-5,7-8,10-11,27-31,33-34H,6,9,12-26H2,1-2H3/b4-3+. The lowest BCUT2D eigenvalue weighted by atomic mass is 9.67. The molecule has 1 aromatic carbocycles. The van der Waals surface area contributed by atoms with Crippen LogP contribution in [-0.2, 0) is 0 Å². The first-order valence-electron chi connectivity index (χ1n) is 15.4. The maximum Gasteiger partial charge on any atom is -0.0188 e. The highest BCUT2D eigenvalue weighted by Gasteiger charge is 2.31. The van der Waals surface area contributed by atoms with Crippen molar-refractivity contribution in [2.24, 2.45) is 35.5 Å². The lowest BCUT2D eigenvalue weighted by molar-refractivity contribution is 0.135. The number of benzene rings is 1. The summed E-state index contributed by atoms with van der Waals surface area (Å²) in [6.45, 7) is 4.60. The van der Waals surface area contributed by atoms with Crippen molar-refractivity contribution in [2.45, 2.75) is 129 Å². The molecule has 4 rings (SSSR count). The van der Waals surface area contributed by atoms with Crippen molar-refractivity contribution in [1.82, 2.24) is 0 Å². The third kappa shape index (κ3) is 7.99. The molecule has 0 heteroatoms. The molecule has 1 aromatic rings. The Morgan fingerprint density at radius 3 is 1.65 bits per heavy atom. The van der Waals surface area contributed by atoms with E-state index in [1.807, 2.05) is 0 Å². The van der Waals surface area contributed by atoms with Gasteiger partial charge in [0.2, 0.25) is 0 Å². The highest BCUT2D eigenvalue weighted by molar-refractivity contribution is 5.18. The lowest BCUT2D eigenvalue weighted by Gasteiger charge is -2.39. The van der Waals surface area contributed by atoms with Crippen molar-refractivity contribution in [3.8, 4) is 0 Å². The molecule has 0 heterocycles. The second-order valence-corrected chi connectivity index (χ2v) is 12.7. The summed E-state index contributed by atoms with van der Waals surface area (Å²) < 4.78 is 0. The summed E-state index contributed by atoms with van der Waals surface area (Å²) in [5.41, 5.74) is 1.54. The molecule has 3 aliphatic carbocycles. The van der Waals surface area contributed by atoms with Crippen molar-refractivity contribution in [3.63, 3.8) is 0 Å². The van der Waals surface area contributed by atoms with E-state index >= 15 is 0 Å². The zero-order valence-corrected chi connectivity index (χ0v) is 22.6. The van der Waals surface area contributed by atoms with Gasteiger partial charge in [-0.2, -0.15) is 0 Å². The molecule has 3 saturated carbocycles. The van der Waals surface area contributed by atoms with E-state index in [9.17, 15) is 0 Å². The smallest absolute Gasteiger partial charge is 0.0188 e. The van der Waals surface area contributed by atoms with Crippen LogP contribution >= 0.6 is 0 Å². The van der Waals surface area contributed by atoms with Gasteiger partial charge < -0.3 is 0 Å². The van der Waals surface area contributed by atoms with E-state index < -0.39 is 0 Å². The Morgan fingerprint density at radius 2 is 1.12 bits per heavy atom. The second-order valence-electron chi connectivity index (χ2n) is 12.7. The molecule has 0 N–H and O–H groups in total. The Labute approximate surface area is 212 Å². The minimum Gasteiger partial charge on any atom is -0.0917 e. The van der Waals surface area contributed by atoms with Crippen molar-refractivity contribution in [1.29, 1.82) is 0 Å². The minimum atomic E-state index is 0.728. The van der Waals surface area contributed by atoms with Crippen LogP contribution in [-0.4, -0.2) is 0 Å². The van der Waals surface area contributed by atoms with Gasteiger partial charge in [-0.15, -0.1) is 0 Å². The fraction of sp³-hybridized carbons (Fsp3) is 0.765. The Morgan fingerprint density at radius 1 is 0.647 bits per heavy atom. The summed E-state index contributed by atoms with van der Waals surface area (Å²) in [6.07, 6.45) is 30.2. The van der Waals surface area contributed by atoms with Crippen molar-refractivity contribution in [3.05, 3.63) is 48.0 Å². The minimum absolute atomic E-state index is 0.728. The summed E-state index contributed by atoms with van der Waals surface area (Å²) in [5, 5.41) is 0. The van der Waals surface area contributed by atoms with Gasteiger partial charge in [0.05, 0.1) is 0 Å². The van der Waals surface area contributed by atoms with Crippen molar-refractivity contribution in [2.75, 3.05) is 0 Å². The van der Waals surface area contributed by atoms with Gasteiger partial charge >= 0.3 is 0 Å². The van der Waals surface area contributed by atoms with Crippen LogP contribution in [0.25, 0.3) is 0 Å². The topological polar surface area (TPSA) is 0 Å². The average Bonchev–Trinajstić information content (AvgIpc) is 2.90. The average molecular weight is 463 g/mol. The van der Waals surface area contributed by atoms with E-state index in [-0.39, 0.29) is 0 Å². The van der Waals surface area contributed by atoms with Crippen LogP contribution in [0.15, 0.2) is 42.5 Å². The molecule has 0 bridgehead atoms.